The number of allylic oxidation sites excluding steroid dienone is 2. The van der Waals surface area contributed by atoms with Crippen molar-refractivity contribution in [2.24, 2.45) is 0 Å². The van der Waals surface area contributed by atoms with Crippen LogP contribution in [-0.2, 0) is 23.8 Å². The summed E-state index contributed by atoms with van der Waals surface area (Å²) in [4.78, 5) is 48.4. The number of dihydropyridines is 1. The molecule has 18 heteroatoms. The summed E-state index contributed by atoms with van der Waals surface area (Å²) in [5, 5.41) is 29.1. The van der Waals surface area contributed by atoms with E-state index in [4.69, 9.17) is 18.9 Å². The SMILES string of the molecule is COC(=O)C1=C(C(F)(F)F)NC(C)=C(C(=O)OCC#CCOC(=O)NCCCNCC(O)COc2ccccc2OC)C1c1cccc([N+](=O)[O-])c1. The number of halogens is 3. The molecule has 0 bridgehead atoms. The number of nitrogens with one attached hydrogen (secondary N) is 3. The van der Waals surface area contributed by atoms with Gasteiger partial charge >= 0.3 is 24.2 Å². The monoisotopic (exact) mass is 734 g/mol. The van der Waals surface area contributed by atoms with Gasteiger partial charge in [0.15, 0.2) is 24.7 Å². The normalized spacial score (nSPS) is 14.6. The van der Waals surface area contributed by atoms with Crippen LogP contribution in [0.1, 0.15) is 24.8 Å². The van der Waals surface area contributed by atoms with Crippen molar-refractivity contribution in [2.45, 2.75) is 31.5 Å². The highest BCUT2D eigenvalue weighted by atomic mass is 19.4. The Bertz CT molecular complexity index is 1730. The van der Waals surface area contributed by atoms with Crippen molar-refractivity contribution in [3.05, 3.63) is 86.7 Å². The number of carbonyl (C=O) groups excluding carboxylic acids is 3. The van der Waals surface area contributed by atoms with Crippen LogP contribution in [-0.4, -0.2) is 94.0 Å². The third kappa shape index (κ3) is 11.6. The van der Waals surface area contributed by atoms with E-state index < -0.39 is 70.3 Å². The number of methoxy groups -OCH3 is 2. The fraction of sp³-hybridized carbons (Fsp3) is 0.382. The van der Waals surface area contributed by atoms with Crippen LogP contribution in [0.2, 0.25) is 0 Å². The number of nitrogens with zero attached hydrogens (tertiary/aromatic N) is 1. The predicted molar refractivity (Wildman–Crippen MR) is 177 cm³/mol. The molecule has 2 aromatic carbocycles. The van der Waals surface area contributed by atoms with Gasteiger partial charge in [-0.1, -0.05) is 36.1 Å². The molecule has 1 amide bonds. The molecule has 0 aliphatic carbocycles. The summed E-state index contributed by atoms with van der Waals surface area (Å²) in [5.74, 6) is 1.61. The molecular formula is C34H37F3N4O11. The van der Waals surface area contributed by atoms with Crippen LogP contribution >= 0.6 is 0 Å². The van der Waals surface area contributed by atoms with Gasteiger partial charge in [-0.3, -0.25) is 10.1 Å². The van der Waals surface area contributed by atoms with Crippen molar-refractivity contribution in [3.8, 4) is 23.3 Å². The van der Waals surface area contributed by atoms with Crippen LogP contribution in [0, 0.1) is 22.0 Å². The second-order valence-corrected chi connectivity index (χ2v) is 10.8. The molecular weight excluding hydrogens is 697 g/mol. The lowest BCUT2D eigenvalue weighted by Gasteiger charge is -2.31. The smallest absolute Gasteiger partial charge is 0.431 e. The first-order valence-electron chi connectivity index (χ1n) is 15.6. The number of aliphatic hydroxyl groups is 1. The van der Waals surface area contributed by atoms with E-state index in [1.165, 1.54) is 19.2 Å². The molecule has 0 saturated carbocycles. The van der Waals surface area contributed by atoms with E-state index in [1.807, 2.05) is 5.32 Å². The van der Waals surface area contributed by atoms with Crippen LogP contribution in [0.25, 0.3) is 0 Å². The third-order valence-electron chi connectivity index (χ3n) is 7.24. The number of para-hydroxylation sites is 2. The lowest BCUT2D eigenvalue weighted by Crippen LogP contribution is -2.38. The largest absolute Gasteiger partial charge is 0.493 e. The number of alkyl halides is 3. The minimum absolute atomic E-state index is 0.0460. The second kappa shape index (κ2) is 19.6. The number of aliphatic hydroxyl groups excluding tert-OH is 1. The fourth-order valence-electron chi connectivity index (χ4n) is 4.89. The van der Waals surface area contributed by atoms with Crippen LogP contribution in [0.4, 0.5) is 23.7 Å². The summed E-state index contributed by atoms with van der Waals surface area (Å²) in [7, 11) is 2.37. The highest BCUT2D eigenvalue weighted by molar-refractivity contribution is 6.00. The maximum atomic E-state index is 14.0. The highest BCUT2D eigenvalue weighted by Gasteiger charge is 2.47. The molecule has 0 saturated heterocycles. The van der Waals surface area contributed by atoms with Gasteiger partial charge in [0.1, 0.15) is 18.4 Å². The Hall–Kier alpha value is -5.80. The first kappa shape index (κ1) is 40.6. The molecule has 2 unspecified atom stereocenters. The molecule has 0 spiro atoms. The zero-order valence-electron chi connectivity index (χ0n) is 28.3. The van der Waals surface area contributed by atoms with Crippen molar-refractivity contribution < 1.29 is 61.3 Å². The number of esters is 2. The van der Waals surface area contributed by atoms with E-state index in [0.717, 1.165) is 26.2 Å². The van der Waals surface area contributed by atoms with Gasteiger partial charge in [-0.05, 0) is 37.6 Å². The Morgan fingerprint density at radius 2 is 1.69 bits per heavy atom. The van der Waals surface area contributed by atoms with E-state index in [2.05, 4.69) is 27.2 Å². The van der Waals surface area contributed by atoms with E-state index in [9.17, 15) is 42.8 Å². The standard InChI is InChI=1S/C34H37F3N4O11/c1-21-27(28(22-10-8-11-23(18-22)41(46)47)29(31(43)49-3)30(40-21)34(35,36)37)32(44)50-16-6-7-17-51-33(45)39-15-9-14-38-19-24(42)20-52-26-13-5-4-12-25(26)48-2/h4-5,8,10-13,18,24,28,38,40,42H,9,14-17,19-20H2,1-3H3,(H,39,45). The summed E-state index contributed by atoms with van der Waals surface area (Å²) in [6.07, 6.45) is -6.14. The number of alkyl carbamates (subject to hydrolysis) is 1. The number of rotatable bonds is 16. The molecule has 0 radical (unpaired) electrons. The van der Waals surface area contributed by atoms with Gasteiger partial charge in [0.05, 0.1) is 36.2 Å². The van der Waals surface area contributed by atoms with Gasteiger partial charge in [-0.2, -0.15) is 13.2 Å². The van der Waals surface area contributed by atoms with Crippen molar-refractivity contribution in [1.82, 2.24) is 16.0 Å². The molecule has 2 atom stereocenters. The summed E-state index contributed by atoms with van der Waals surface area (Å²) < 4.78 is 67.6. The molecule has 0 fully saturated rings. The predicted octanol–water partition coefficient (Wildman–Crippen LogP) is 3.25. The van der Waals surface area contributed by atoms with Gasteiger partial charge in [-0.25, -0.2) is 14.4 Å². The van der Waals surface area contributed by atoms with E-state index in [1.54, 1.807) is 24.3 Å². The third-order valence-corrected chi connectivity index (χ3v) is 7.24. The van der Waals surface area contributed by atoms with Crippen molar-refractivity contribution >= 4 is 23.7 Å². The Morgan fingerprint density at radius 1 is 1.00 bits per heavy atom. The fourth-order valence-corrected chi connectivity index (χ4v) is 4.89. The van der Waals surface area contributed by atoms with Crippen LogP contribution < -0.4 is 25.4 Å². The highest BCUT2D eigenvalue weighted by Crippen LogP contribution is 2.44. The molecule has 280 valence electrons. The summed E-state index contributed by atoms with van der Waals surface area (Å²) in [6.45, 7) is 1.20. The van der Waals surface area contributed by atoms with E-state index >= 15 is 0 Å². The van der Waals surface area contributed by atoms with Gasteiger partial charge < -0.3 is 44.7 Å². The van der Waals surface area contributed by atoms with Crippen LogP contribution in [0.15, 0.2) is 71.1 Å². The maximum Gasteiger partial charge on any atom is 0.431 e. The molecule has 2 aromatic rings. The van der Waals surface area contributed by atoms with E-state index in [-0.39, 0.29) is 37.6 Å². The molecule has 0 aromatic heterocycles. The molecule has 1 aliphatic rings. The maximum absolute atomic E-state index is 14.0. The minimum atomic E-state index is -5.09. The number of non-ortho nitro benzene ring substituents is 1. The minimum Gasteiger partial charge on any atom is -0.493 e. The Morgan fingerprint density at radius 3 is 2.35 bits per heavy atom. The number of benzene rings is 2. The molecule has 4 N–H and O–H groups in total. The lowest BCUT2D eigenvalue weighted by molar-refractivity contribution is -0.384. The van der Waals surface area contributed by atoms with Gasteiger partial charge in [0.25, 0.3) is 5.69 Å². The summed E-state index contributed by atoms with van der Waals surface area (Å²) in [5.41, 5.74) is -3.91. The molecule has 1 aliphatic heterocycles. The lowest BCUT2D eigenvalue weighted by atomic mass is 9.80. The number of hydrogen-bond acceptors (Lipinski definition) is 13. The van der Waals surface area contributed by atoms with Crippen molar-refractivity contribution in [3.63, 3.8) is 0 Å². The topological polar surface area (TPSA) is 197 Å². The van der Waals surface area contributed by atoms with Gasteiger partial charge in [0, 0.05) is 30.9 Å². The second-order valence-electron chi connectivity index (χ2n) is 10.8. The summed E-state index contributed by atoms with van der Waals surface area (Å²) in [6, 6.07) is 11.5. The average Bonchev–Trinajstić information content (AvgIpc) is 3.12. The first-order chi connectivity index (χ1) is 24.8. The quantitative estimate of drug-likeness (QED) is 0.0491. The number of amides is 1. The molecule has 1 heterocycles. The van der Waals surface area contributed by atoms with Gasteiger partial charge in [-0.15, -0.1) is 0 Å². The van der Waals surface area contributed by atoms with Crippen molar-refractivity contribution in [2.75, 3.05) is 53.7 Å². The molecule has 52 heavy (non-hydrogen) atoms. The summed E-state index contributed by atoms with van der Waals surface area (Å²) >= 11 is 0. The van der Waals surface area contributed by atoms with Gasteiger partial charge in [0.2, 0.25) is 0 Å². The molecule has 3 rings (SSSR count). The molecule has 15 nitrogen and oxygen atoms in total. The number of carbonyl (C=O) groups is 3. The zero-order chi connectivity index (χ0) is 38.3. The number of hydrogen-bond donors (Lipinski definition) is 4. The first-order valence-corrected chi connectivity index (χ1v) is 15.6. The average molecular weight is 735 g/mol. The van der Waals surface area contributed by atoms with Crippen LogP contribution in [0.3, 0.4) is 0 Å². The van der Waals surface area contributed by atoms with Crippen LogP contribution in [0.5, 0.6) is 11.5 Å². The number of nitro benzene ring substituents is 1. The Balaban J connectivity index is 1.48. The van der Waals surface area contributed by atoms with E-state index in [0.29, 0.717) is 24.5 Å². The number of ether oxygens (including phenoxy) is 5. The Labute approximate surface area is 296 Å². The Kier molecular flexibility index (Phi) is 15.3. The zero-order valence-corrected chi connectivity index (χ0v) is 28.3. The number of nitro groups is 1. The van der Waals surface area contributed by atoms with Crippen molar-refractivity contribution in [1.29, 1.82) is 0 Å².